The van der Waals surface area contributed by atoms with Gasteiger partial charge in [-0.2, -0.15) is 0 Å². The number of amides is 3. The first kappa shape index (κ1) is 48.5. The number of ether oxygens (including phenoxy) is 2. The standard InChI is InChI=1S/C41H66FIN4O8/c1-11-25(6)29(18-19-30(43)37(49)35(23(2)3)46-40(51)36(44-8)24(4)5)33(54-9)22-34(48)47-20-12-13-32(47)38(55-10)26(7)39(50)45-31(41(52)53)21-27-14-16-28(42)17-15-27/h14-17,23-26,29-33,35-36,38,44H,11-13,18-22H2,1-10H3,(H,45,50)(H,46,51)(H,52,53)/t25-,26+,29?,30?,31-,32-,33+,35-,36-,38+/m0/s1. The summed E-state index contributed by atoms with van der Waals surface area (Å²) in [6, 6.07) is 2.78. The van der Waals surface area contributed by atoms with Crippen LogP contribution in [0.5, 0.6) is 0 Å². The summed E-state index contributed by atoms with van der Waals surface area (Å²) < 4.78 is 24.9. The molecule has 0 spiro atoms. The number of carbonyl (C=O) groups excluding carboxylic acids is 4. The number of ketones is 1. The molecule has 1 aliphatic heterocycles. The van der Waals surface area contributed by atoms with Gasteiger partial charge in [-0.15, -0.1) is 0 Å². The summed E-state index contributed by atoms with van der Waals surface area (Å²) in [5.41, 5.74) is 0.565. The van der Waals surface area contributed by atoms with E-state index in [0.717, 1.165) is 12.8 Å². The van der Waals surface area contributed by atoms with Crippen LogP contribution in [0, 0.1) is 35.4 Å². The van der Waals surface area contributed by atoms with Gasteiger partial charge in [0, 0.05) is 27.2 Å². The minimum absolute atomic E-state index is 0.0216. The lowest BCUT2D eigenvalue weighted by molar-refractivity contribution is -0.145. The molecule has 1 fully saturated rings. The van der Waals surface area contributed by atoms with Gasteiger partial charge in [0.2, 0.25) is 17.7 Å². The fourth-order valence-corrected chi connectivity index (χ4v) is 8.48. The molecule has 1 aromatic rings. The molecule has 1 heterocycles. The van der Waals surface area contributed by atoms with Crippen LogP contribution < -0.4 is 16.0 Å². The quantitative estimate of drug-likeness (QED) is 0.0810. The van der Waals surface area contributed by atoms with E-state index in [4.69, 9.17) is 9.47 Å². The number of carboxylic acids is 1. The molecule has 2 unspecified atom stereocenters. The molecule has 0 aliphatic carbocycles. The SMILES string of the molecule is CC[C@H](C)C(CCC(I)C(=O)[C@@H](NC(=O)[C@@H](NC)C(C)C)C(C)C)[C@@H](CC(=O)N1CCC[C@H]1[C@H](OC)[C@@H](C)C(=O)N[C@@H](Cc1ccc(F)cc1)C(=O)O)OC. The second-order valence-corrected chi connectivity index (χ2v) is 17.2. The number of carboxylic acid groups (broad SMARTS) is 1. The van der Waals surface area contributed by atoms with E-state index in [-0.39, 0.29) is 58.0 Å². The Bertz CT molecular complexity index is 1400. The molecule has 3 amide bonds. The van der Waals surface area contributed by atoms with E-state index in [1.165, 1.54) is 31.4 Å². The molecular formula is C41H66FIN4O8. The highest BCUT2D eigenvalue weighted by molar-refractivity contribution is 14.1. The van der Waals surface area contributed by atoms with Crippen LogP contribution in [-0.4, -0.2) is 108 Å². The second-order valence-electron chi connectivity index (χ2n) is 15.7. The fourth-order valence-electron chi connectivity index (χ4n) is 7.74. The predicted octanol–water partition coefficient (Wildman–Crippen LogP) is 5.18. The van der Waals surface area contributed by atoms with E-state index in [1.54, 1.807) is 26.0 Å². The minimum atomic E-state index is -1.23. The molecule has 0 bridgehead atoms. The van der Waals surface area contributed by atoms with Crippen LogP contribution in [0.2, 0.25) is 0 Å². The summed E-state index contributed by atoms with van der Waals surface area (Å²) in [5, 5.41) is 18.5. The number of methoxy groups -OCH3 is 2. The van der Waals surface area contributed by atoms with Crippen molar-refractivity contribution in [3.8, 4) is 0 Å². The van der Waals surface area contributed by atoms with E-state index < -0.39 is 60.0 Å². The van der Waals surface area contributed by atoms with Crippen molar-refractivity contribution >= 4 is 52.1 Å². The number of likely N-dealkylation sites (N-methyl/N-ethyl adjacent to an activating group) is 1. The molecule has 10 atom stereocenters. The monoisotopic (exact) mass is 888 g/mol. The predicted molar refractivity (Wildman–Crippen MR) is 219 cm³/mol. The maximum Gasteiger partial charge on any atom is 0.326 e. The van der Waals surface area contributed by atoms with Crippen LogP contribution >= 0.6 is 22.6 Å². The van der Waals surface area contributed by atoms with E-state index in [2.05, 4.69) is 52.4 Å². The van der Waals surface area contributed by atoms with Gasteiger partial charge in [-0.3, -0.25) is 19.2 Å². The Labute approximate surface area is 341 Å². The van der Waals surface area contributed by atoms with Gasteiger partial charge in [0.1, 0.15) is 11.9 Å². The molecule has 1 aromatic carbocycles. The largest absolute Gasteiger partial charge is 0.480 e. The number of carbonyl (C=O) groups is 5. The van der Waals surface area contributed by atoms with E-state index in [1.807, 2.05) is 27.7 Å². The summed E-state index contributed by atoms with van der Waals surface area (Å²) in [5.74, 6) is -3.15. The molecule has 0 radical (unpaired) electrons. The fraction of sp³-hybridized carbons (Fsp3) is 0.732. The number of nitrogens with one attached hydrogen (secondary N) is 3. The summed E-state index contributed by atoms with van der Waals surface area (Å²) in [6.45, 7) is 14.2. The Morgan fingerprint density at radius 1 is 0.927 bits per heavy atom. The highest BCUT2D eigenvalue weighted by atomic mass is 127. The van der Waals surface area contributed by atoms with Crippen molar-refractivity contribution in [1.29, 1.82) is 0 Å². The lowest BCUT2D eigenvalue weighted by atomic mass is 9.81. The highest BCUT2D eigenvalue weighted by Crippen LogP contribution is 2.33. The molecule has 4 N–H and O–H groups in total. The van der Waals surface area contributed by atoms with Crippen molar-refractivity contribution in [3.05, 3.63) is 35.6 Å². The number of rotatable bonds is 24. The number of benzene rings is 1. The maximum atomic E-state index is 14.1. The van der Waals surface area contributed by atoms with Crippen molar-refractivity contribution in [1.82, 2.24) is 20.9 Å². The Kier molecular flexibility index (Phi) is 20.7. The summed E-state index contributed by atoms with van der Waals surface area (Å²) >= 11 is 2.18. The van der Waals surface area contributed by atoms with Gasteiger partial charge >= 0.3 is 5.97 Å². The summed E-state index contributed by atoms with van der Waals surface area (Å²) in [6.07, 6.45) is 2.38. The first-order valence-corrected chi connectivity index (χ1v) is 20.9. The number of hydrogen-bond donors (Lipinski definition) is 4. The Hall–Kier alpha value is -2.69. The van der Waals surface area contributed by atoms with Gasteiger partial charge in [0.15, 0.2) is 5.78 Å². The van der Waals surface area contributed by atoms with Gasteiger partial charge in [0.25, 0.3) is 0 Å². The van der Waals surface area contributed by atoms with Crippen LogP contribution in [0.4, 0.5) is 4.39 Å². The zero-order valence-electron chi connectivity index (χ0n) is 34.4. The zero-order valence-corrected chi connectivity index (χ0v) is 36.6. The number of nitrogens with zero attached hydrogens (tertiary/aromatic N) is 1. The van der Waals surface area contributed by atoms with Crippen LogP contribution in [0.25, 0.3) is 0 Å². The normalized spacial score (nSPS) is 19.5. The molecule has 1 aliphatic rings. The van der Waals surface area contributed by atoms with Crippen molar-refractivity contribution < 1.29 is 42.9 Å². The molecular weight excluding hydrogens is 822 g/mol. The van der Waals surface area contributed by atoms with Gasteiger partial charge < -0.3 is 35.4 Å². The van der Waals surface area contributed by atoms with Crippen molar-refractivity contribution in [2.45, 2.75) is 134 Å². The van der Waals surface area contributed by atoms with Crippen LogP contribution in [0.1, 0.15) is 92.6 Å². The van der Waals surface area contributed by atoms with Crippen LogP contribution in [-0.2, 0) is 39.9 Å². The summed E-state index contributed by atoms with van der Waals surface area (Å²) in [4.78, 5) is 68.1. The number of Topliss-reactive ketones (excluding diaryl/α,β-unsaturated/α-hetero) is 1. The number of alkyl halides is 1. The number of likely N-dealkylation sites (tertiary alicyclic amines) is 1. The van der Waals surface area contributed by atoms with Crippen LogP contribution in [0.15, 0.2) is 24.3 Å². The molecule has 1 saturated heterocycles. The third kappa shape index (κ3) is 14.0. The molecule has 12 nitrogen and oxygen atoms in total. The van der Waals surface area contributed by atoms with E-state index >= 15 is 0 Å². The van der Waals surface area contributed by atoms with E-state index in [0.29, 0.717) is 31.4 Å². The molecule has 0 aromatic heterocycles. The molecule has 0 saturated carbocycles. The molecule has 14 heteroatoms. The van der Waals surface area contributed by atoms with Gasteiger partial charge in [-0.1, -0.05) is 89.6 Å². The lowest BCUT2D eigenvalue weighted by Gasteiger charge is -2.36. The maximum absolute atomic E-state index is 14.1. The Balaban J connectivity index is 2.16. The van der Waals surface area contributed by atoms with Gasteiger partial charge in [0.05, 0.1) is 46.6 Å². The number of hydrogen-bond acceptors (Lipinski definition) is 8. The third-order valence-corrected chi connectivity index (χ3v) is 12.5. The average molecular weight is 889 g/mol. The number of halogens is 2. The highest BCUT2D eigenvalue weighted by Gasteiger charge is 2.42. The van der Waals surface area contributed by atoms with Crippen molar-refractivity contribution in [3.63, 3.8) is 0 Å². The van der Waals surface area contributed by atoms with E-state index in [9.17, 15) is 33.5 Å². The van der Waals surface area contributed by atoms with Gasteiger partial charge in [-0.25, -0.2) is 9.18 Å². The van der Waals surface area contributed by atoms with Crippen molar-refractivity contribution in [2.24, 2.45) is 29.6 Å². The van der Waals surface area contributed by atoms with Crippen molar-refractivity contribution in [2.75, 3.05) is 27.8 Å². The zero-order chi connectivity index (χ0) is 41.6. The Morgan fingerprint density at radius 2 is 1.55 bits per heavy atom. The Morgan fingerprint density at radius 3 is 2.05 bits per heavy atom. The molecule has 55 heavy (non-hydrogen) atoms. The van der Waals surface area contributed by atoms with Gasteiger partial charge in [-0.05, 0) is 74.1 Å². The third-order valence-electron chi connectivity index (χ3n) is 11.3. The number of aliphatic carboxylic acids is 1. The molecule has 2 rings (SSSR count). The minimum Gasteiger partial charge on any atom is -0.480 e. The lowest BCUT2D eigenvalue weighted by Crippen LogP contribution is -2.54. The smallest absolute Gasteiger partial charge is 0.326 e. The first-order valence-electron chi connectivity index (χ1n) is 19.7. The van der Waals surface area contributed by atoms with Crippen LogP contribution in [0.3, 0.4) is 0 Å². The summed E-state index contributed by atoms with van der Waals surface area (Å²) in [7, 11) is 4.83. The second kappa shape index (κ2) is 23.5. The average Bonchev–Trinajstić information content (AvgIpc) is 3.63. The molecule has 312 valence electrons. The topological polar surface area (TPSA) is 163 Å². The first-order chi connectivity index (χ1) is 25.9.